The van der Waals surface area contributed by atoms with Crippen molar-refractivity contribution in [3.8, 4) is 11.5 Å². The molecule has 128 valence electrons. The quantitative estimate of drug-likeness (QED) is 0.867. The van der Waals surface area contributed by atoms with Crippen LogP contribution in [0.3, 0.4) is 0 Å². The first-order chi connectivity index (χ1) is 11.6. The van der Waals surface area contributed by atoms with E-state index in [1.807, 2.05) is 12.3 Å². The van der Waals surface area contributed by atoms with Gasteiger partial charge in [-0.1, -0.05) is 6.07 Å². The number of ether oxygens (including phenoxy) is 1. The van der Waals surface area contributed by atoms with E-state index in [0.717, 1.165) is 55.5 Å². The first-order valence-electron chi connectivity index (χ1n) is 8.90. The van der Waals surface area contributed by atoms with Crippen molar-refractivity contribution in [2.75, 3.05) is 18.0 Å². The highest BCUT2D eigenvalue weighted by atomic mass is 16.5. The van der Waals surface area contributed by atoms with E-state index in [4.69, 9.17) is 4.74 Å². The lowest BCUT2D eigenvalue weighted by Crippen LogP contribution is -2.59. The summed E-state index contributed by atoms with van der Waals surface area (Å²) in [4.78, 5) is 6.87. The van der Waals surface area contributed by atoms with Gasteiger partial charge in [-0.15, -0.1) is 10.2 Å². The molecule has 0 amide bonds. The van der Waals surface area contributed by atoms with E-state index in [9.17, 15) is 0 Å². The Morgan fingerprint density at radius 2 is 2.17 bits per heavy atom. The summed E-state index contributed by atoms with van der Waals surface area (Å²) >= 11 is 0. The van der Waals surface area contributed by atoms with Crippen molar-refractivity contribution < 1.29 is 4.74 Å². The number of hydrogen-bond donors (Lipinski definition) is 0. The second kappa shape index (κ2) is 5.84. The molecule has 2 fully saturated rings. The van der Waals surface area contributed by atoms with Crippen LogP contribution >= 0.6 is 0 Å². The fourth-order valence-corrected chi connectivity index (χ4v) is 3.94. The number of aromatic nitrogens is 4. The SMILES string of the molecule is CCn1c(-c2ncccc2C)nnc1N1CC(C)OC2(CCC2)C1. The smallest absolute Gasteiger partial charge is 0.227 e. The van der Waals surface area contributed by atoms with Gasteiger partial charge in [0.05, 0.1) is 11.7 Å². The maximum Gasteiger partial charge on any atom is 0.227 e. The molecule has 4 rings (SSSR count). The third-order valence-electron chi connectivity index (χ3n) is 5.22. The summed E-state index contributed by atoms with van der Waals surface area (Å²) in [6.45, 7) is 8.96. The van der Waals surface area contributed by atoms with Crippen molar-refractivity contribution in [1.29, 1.82) is 0 Å². The molecule has 1 saturated heterocycles. The van der Waals surface area contributed by atoms with Gasteiger partial charge in [0.1, 0.15) is 5.69 Å². The summed E-state index contributed by atoms with van der Waals surface area (Å²) in [5.74, 6) is 1.80. The summed E-state index contributed by atoms with van der Waals surface area (Å²) in [5.41, 5.74) is 2.07. The zero-order valence-corrected chi connectivity index (χ0v) is 14.7. The minimum atomic E-state index is 0.0310. The van der Waals surface area contributed by atoms with Gasteiger partial charge < -0.3 is 9.64 Å². The van der Waals surface area contributed by atoms with Crippen LogP contribution in [0.5, 0.6) is 0 Å². The Balaban J connectivity index is 1.70. The molecule has 1 saturated carbocycles. The second-order valence-corrected chi connectivity index (χ2v) is 7.08. The topological polar surface area (TPSA) is 56.1 Å². The van der Waals surface area contributed by atoms with E-state index in [2.05, 4.69) is 51.5 Å². The summed E-state index contributed by atoms with van der Waals surface area (Å²) in [6, 6.07) is 4.02. The van der Waals surface area contributed by atoms with Crippen LogP contribution in [0.15, 0.2) is 18.3 Å². The van der Waals surface area contributed by atoms with Crippen molar-refractivity contribution in [1.82, 2.24) is 19.7 Å². The lowest BCUT2D eigenvalue weighted by molar-refractivity contribution is -0.142. The molecule has 1 aliphatic heterocycles. The molecule has 6 heteroatoms. The number of rotatable bonds is 3. The molecule has 1 aliphatic carbocycles. The zero-order valence-electron chi connectivity index (χ0n) is 14.7. The summed E-state index contributed by atoms with van der Waals surface area (Å²) in [5, 5.41) is 9.01. The van der Waals surface area contributed by atoms with Gasteiger partial charge in [0, 0.05) is 25.8 Å². The first kappa shape index (κ1) is 15.6. The van der Waals surface area contributed by atoms with Crippen LogP contribution in [0, 0.1) is 6.92 Å². The van der Waals surface area contributed by atoms with E-state index < -0.39 is 0 Å². The number of nitrogens with zero attached hydrogens (tertiary/aromatic N) is 5. The Morgan fingerprint density at radius 1 is 1.33 bits per heavy atom. The molecule has 2 aliphatic rings. The minimum Gasteiger partial charge on any atom is -0.368 e. The van der Waals surface area contributed by atoms with Crippen LogP contribution in [-0.2, 0) is 11.3 Å². The molecule has 0 aromatic carbocycles. The fourth-order valence-electron chi connectivity index (χ4n) is 3.94. The second-order valence-electron chi connectivity index (χ2n) is 7.08. The Hall–Kier alpha value is -1.95. The largest absolute Gasteiger partial charge is 0.368 e. The molecular weight excluding hydrogens is 302 g/mol. The van der Waals surface area contributed by atoms with E-state index in [1.54, 1.807) is 0 Å². The highest BCUT2D eigenvalue weighted by Crippen LogP contribution is 2.41. The normalized spacial score (nSPS) is 22.6. The molecular formula is C18H25N5O. The van der Waals surface area contributed by atoms with E-state index in [1.165, 1.54) is 6.42 Å². The van der Waals surface area contributed by atoms with E-state index in [0.29, 0.717) is 0 Å². The third-order valence-corrected chi connectivity index (χ3v) is 5.22. The molecule has 6 nitrogen and oxygen atoms in total. The van der Waals surface area contributed by atoms with Crippen LogP contribution in [0.4, 0.5) is 5.95 Å². The summed E-state index contributed by atoms with van der Waals surface area (Å²) < 4.78 is 8.41. The number of pyridine rings is 1. The van der Waals surface area contributed by atoms with Gasteiger partial charge in [0.25, 0.3) is 0 Å². The predicted octanol–water partition coefficient (Wildman–Crippen LogP) is 2.82. The molecule has 1 spiro atoms. The fraction of sp³-hybridized carbons (Fsp3) is 0.611. The molecule has 2 aromatic rings. The minimum absolute atomic E-state index is 0.0310. The van der Waals surface area contributed by atoms with Crippen LogP contribution in [0.2, 0.25) is 0 Å². The Kier molecular flexibility index (Phi) is 3.79. The van der Waals surface area contributed by atoms with Crippen LogP contribution in [0.25, 0.3) is 11.5 Å². The molecule has 0 bridgehead atoms. The highest BCUT2D eigenvalue weighted by Gasteiger charge is 2.45. The van der Waals surface area contributed by atoms with Crippen molar-refractivity contribution in [2.45, 2.75) is 58.3 Å². The van der Waals surface area contributed by atoms with Crippen molar-refractivity contribution in [3.05, 3.63) is 23.9 Å². The van der Waals surface area contributed by atoms with Crippen LogP contribution < -0.4 is 4.90 Å². The first-order valence-corrected chi connectivity index (χ1v) is 8.90. The Labute approximate surface area is 142 Å². The Morgan fingerprint density at radius 3 is 2.83 bits per heavy atom. The predicted molar refractivity (Wildman–Crippen MR) is 93.0 cm³/mol. The molecule has 1 atom stereocenters. The average Bonchev–Trinajstić information content (AvgIpc) is 2.97. The monoisotopic (exact) mass is 327 g/mol. The summed E-state index contributed by atoms with van der Waals surface area (Å²) in [7, 11) is 0. The lowest BCUT2D eigenvalue weighted by Gasteiger charge is -2.50. The van der Waals surface area contributed by atoms with Gasteiger partial charge in [-0.05, 0) is 51.7 Å². The molecule has 2 aromatic heterocycles. The van der Waals surface area contributed by atoms with Crippen LogP contribution in [-0.4, -0.2) is 44.5 Å². The van der Waals surface area contributed by atoms with Gasteiger partial charge in [-0.3, -0.25) is 9.55 Å². The maximum atomic E-state index is 6.23. The van der Waals surface area contributed by atoms with Crippen LogP contribution in [0.1, 0.15) is 38.7 Å². The molecule has 3 heterocycles. The number of hydrogen-bond acceptors (Lipinski definition) is 5. The van der Waals surface area contributed by atoms with Crippen molar-refractivity contribution in [3.63, 3.8) is 0 Å². The van der Waals surface area contributed by atoms with Gasteiger partial charge in [-0.25, -0.2) is 0 Å². The van der Waals surface area contributed by atoms with Gasteiger partial charge in [-0.2, -0.15) is 0 Å². The maximum absolute atomic E-state index is 6.23. The third kappa shape index (κ3) is 2.49. The van der Waals surface area contributed by atoms with Crippen molar-refractivity contribution in [2.24, 2.45) is 0 Å². The lowest BCUT2D eigenvalue weighted by atomic mass is 9.78. The molecule has 0 N–H and O–H groups in total. The van der Waals surface area contributed by atoms with E-state index >= 15 is 0 Å². The van der Waals surface area contributed by atoms with Gasteiger partial charge in [0.15, 0.2) is 5.82 Å². The van der Waals surface area contributed by atoms with Gasteiger partial charge >= 0.3 is 0 Å². The zero-order chi connectivity index (χ0) is 16.7. The average molecular weight is 327 g/mol. The molecule has 1 unspecified atom stereocenters. The number of aryl methyl sites for hydroxylation is 1. The highest BCUT2D eigenvalue weighted by molar-refractivity contribution is 5.57. The molecule has 24 heavy (non-hydrogen) atoms. The van der Waals surface area contributed by atoms with E-state index in [-0.39, 0.29) is 11.7 Å². The molecule has 0 radical (unpaired) electrons. The standard InChI is InChI=1S/C18H25N5O/c1-4-23-16(15-13(2)7-5-10-19-15)20-21-17(23)22-11-14(3)24-18(12-22)8-6-9-18/h5,7,10,14H,4,6,8-9,11-12H2,1-3H3. The number of anilines is 1. The number of morpholine rings is 1. The Bertz CT molecular complexity index is 737. The summed E-state index contributed by atoms with van der Waals surface area (Å²) in [6.07, 6.45) is 5.61. The van der Waals surface area contributed by atoms with Gasteiger partial charge in [0.2, 0.25) is 5.95 Å². The van der Waals surface area contributed by atoms with Crippen molar-refractivity contribution >= 4 is 5.95 Å².